The molecule has 0 heterocycles. The van der Waals surface area contributed by atoms with Crippen LogP contribution in [-0.4, -0.2) is 25.8 Å². The predicted molar refractivity (Wildman–Crippen MR) is 86.5 cm³/mol. The number of nitrogens with one attached hydrogen (secondary N) is 1. The topological polar surface area (TPSA) is 32.3 Å². The smallest absolute Gasteiger partial charge is 0.234 e. The lowest BCUT2D eigenvalue weighted by atomic mass is 10.2. The normalized spacial score (nSPS) is 10.4. The summed E-state index contributed by atoms with van der Waals surface area (Å²) in [6, 6.07) is 10.5. The maximum absolute atomic E-state index is 13.4. The van der Waals surface area contributed by atoms with E-state index in [4.69, 9.17) is 0 Å². The highest BCUT2D eigenvalue weighted by Gasteiger charge is 2.08. The summed E-state index contributed by atoms with van der Waals surface area (Å²) in [4.78, 5) is 13.9. The first-order valence-corrected chi connectivity index (χ1v) is 7.59. The van der Waals surface area contributed by atoms with Crippen molar-refractivity contribution in [2.75, 3.05) is 30.1 Å². The van der Waals surface area contributed by atoms with Gasteiger partial charge in [0.1, 0.15) is 11.6 Å². The van der Waals surface area contributed by atoms with E-state index in [1.54, 1.807) is 12.1 Å². The first-order valence-electron chi connectivity index (χ1n) is 6.61. The number of halogens is 2. The minimum Gasteiger partial charge on any atom is -0.378 e. The number of anilines is 2. The molecule has 6 heteroatoms. The van der Waals surface area contributed by atoms with Gasteiger partial charge in [0.15, 0.2) is 0 Å². The van der Waals surface area contributed by atoms with Crippen molar-refractivity contribution in [2.45, 2.75) is 4.90 Å². The van der Waals surface area contributed by atoms with Crippen molar-refractivity contribution in [1.82, 2.24) is 0 Å². The van der Waals surface area contributed by atoms with Crippen LogP contribution in [0.4, 0.5) is 20.2 Å². The van der Waals surface area contributed by atoms with Crippen molar-refractivity contribution in [3.8, 4) is 0 Å². The van der Waals surface area contributed by atoms with Gasteiger partial charge in [-0.25, -0.2) is 8.78 Å². The van der Waals surface area contributed by atoms with E-state index in [0.29, 0.717) is 5.69 Å². The van der Waals surface area contributed by atoms with Gasteiger partial charge in [-0.05, 0) is 42.5 Å². The molecular formula is C16H16F2N2OS. The molecule has 0 aliphatic rings. The summed E-state index contributed by atoms with van der Waals surface area (Å²) in [5, 5.41) is 2.72. The molecule has 0 aromatic heterocycles. The molecule has 0 aliphatic carbocycles. The number of rotatable bonds is 5. The first-order chi connectivity index (χ1) is 10.5. The van der Waals surface area contributed by atoms with Crippen LogP contribution in [0.15, 0.2) is 47.4 Å². The Morgan fingerprint density at radius 1 is 1.14 bits per heavy atom. The molecule has 0 saturated heterocycles. The molecule has 0 aliphatic heterocycles. The van der Waals surface area contributed by atoms with Crippen LogP contribution in [0.5, 0.6) is 0 Å². The highest BCUT2D eigenvalue weighted by atomic mass is 32.2. The van der Waals surface area contributed by atoms with Gasteiger partial charge in [0.2, 0.25) is 5.91 Å². The zero-order chi connectivity index (χ0) is 16.1. The highest BCUT2D eigenvalue weighted by Crippen LogP contribution is 2.23. The summed E-state index contributed by atoms with van der Waals surface area (Å²) in [7, 11) is 3.86. The van der Waals surface area contributed by atoms with Crippen LogP contribution in [-0.2, 0) is 4.79 Å². The van der Waals surface area contributed by atoms with Gasteiger partial charge in [0, 0.05) is 30.4 Å². The molecule has 1 amide bonds. The van der Waals surface area contributed by atoms with E-state index in [2.05, 4.69) is 5.32 Å². The lowest BCUT2D eigenvalue weighted by Gasteiger charge is -2.13. The maximum atomic E-state index is 13.4. The number of thioether (sulfide) groups is 1. The van der Waals surface area contributed by atoms with Gasteiger partial charge in [0.25, 0.3) is 0 Å². The number of amides is 1. The van der Waals surface area contributed by atoms with Crippen LogP contribution in [0.25, 0.3) is 0 Å². The average Bonchev–Trinajstić information content (AvgIpc) is 2.49. The average molecular weight is 322 g/mol. The third-order valence-corrected chi connectivity index (χ3v) is 3.95. The standard InChI is InChI=1S/C16H16F2N2OS/c1-20(2)13-6-4-12(5-7-13)19-16(21)10-22-15-9-11(17)3-8-14(15)18/h3-9H,10H2,1-2H3,(H,19,21). The van der Waals surface area contributed by atoms with Gasteiger partial charge < -0.3 is 10.2 Å². The van der Waals surface area contributed by atoms with E-state index < -0.39 is 11.6 Å². The van der Waals surface area contributed by atoms with Crippen molar-refractivity contribution in [1.29, 1.82) is 0 Å². The summed E-state index contributed by atoms with van der Waals surface area (Å²) < 4.78 is 26.5. The van der Waals surface area contributed by atoms with E-state index in [-0.39, 0.29) is 16.6 Å². The van der Waals surface area contributed by atoms with Crippen molar-refractivity contribution in [2.24, 2.45) is 0 Å². The maximum Gasteiger partial charge on any atom is 0.234 e. The number of hydrogen-bond donors (Lipinski definition) is 1. The molecule has 0 unspecified atom stereocenters. The predicted octanol–water partition coefficient (Wildman–Crippen LogP) is 3.76. The van der Waals surface area contributed by atoms with Gasteiger partial charge >= 0.3 is 0 Å². The van der Waals surface area contributed by atoms with Crippen LogP contribution in [0, 0.1) is 11.6 Å². The Bertz CT molecular complexity index is 660. The van der Waals surface area contributed by atoms with E-state index in [1.807, 2.05) is 31.1 Å². The second kappa shape index (κ2) is 7.26. The van der Waals surface area contributed by atoms with Crippen molar-refractivity contribution < 1.29 is 13.6 Å². The zero-order valence-corrected chi connectivity index (χ0v) is 13.1. The molecule has 22 heavy (non-hydrogen) atoms. The molecule has 2 aromatic rings. The molecule has 0 fully saturated rings. The van der Waals surface area contributed by atoms with E-state index >= 15 is 0 Å². The van der Waals surface area contributed by atoms with Gasteiger partial charge in [-0.3, -0.25) is 4.79 Å². The second-order valence-electron chi connectivity index (χ2n) is 4.85. The molecule has 0 spiro atoms. The summed E-state index contributed by atoms with van der Waals surface area (Å²) in [6.45, 7) is 0. The summed E-state index contributed by atoms with van der Waals surface area (Å²) in [5.41, 5.74) is 1.69. The summed E-state index contributed by atoms with van der Waals surface area (Å²) in [5.74, 6) is -1.32. The lowest BCUT2D eigenvalue weighted by Crippen LogP contribution is -2.14. The number of carbonyl (C=O) groups is 1. The molecule has 1 N–H and O–H groups in total. The van der Waals surface area contributed by atoms with Crippen molar-refractivity contribution >= 4 is 29.0 Å². The van der Waals surface area contributed by atoms with Crippen LogP contribution < -0.4 is 10.2 Å². The van der Waals surface area contributed by atoms with E-state index in [1.165, 1.54) is 0 Å². The van der Waals surface area contributed by atoms with Crippen LogP contribution in [0.3, 0.4) is 0 Å². The Balaban J connectivity index is 1.91. The monoisotopic (exact) mass is 322 g/mol. The molecule has 0 radical (unpaired) electrons. The van der Waals surface area contributed by atoms with Gasteiger partial charge in [-0.15, -0.1) is 11.8 Å². The van der Waals surface area contributed by atoms with Gasteiger partial charge in [-0.2, -0.15) is 0 Å². The Labute approximate surface area is 132 Å². The Morgan fingerprint density at radius 2 is 1.82 bits per heavy atom. The number of benzene rings is 2. The Hall–Kier alpha value is -2.08. The number of carbonyl (C=O) groups excluding carboxylic acids is 1. The number of nitrogens with zero attached hydrogens (tertiary/aromatic N) is 1. The van der Waals surface area contributed by atoms with Crippen LogP contribution in [0.1, 0.15) is 0 Å². The van der Waals surface area contributed by atoms with Crippen molar-refractivity contribution in [3.05, 3.63) is 54.1 Å². The molecule has 0 saturated carbocycles. The fourth-order valence-corrected chi connectivity index (χ4v) is 2.53. The van der Waals surface area contributed by atoms with Crippen LogP contribution >= 0.6 is 11.8 Å². The van der Waals surface area contributed by atoms with E-state index in [0.717, 1.165) is 35.6 Å². The van der Waals surface area contributed by atoms with Crippen LogP contribution in [0.2, 0.25) is 0 Å². The SMILES string of the molecule is CN(C)c1ccc(NC(=O)CSc2cc(F)ccc2F)cc1. The summed E-state index contributed by atoms with van der Waals surface area (Å²) in [6.07, 6.45) is 0. The second-order valence-corrected chi connectivity index (χ2v) is 5.87. The summed E-state index contributed by atoms with van der Waals surface area (Å²) >= 11 is 0.961. The Morgan fingerprint density at radius 3 is 2.45 bits per heavy atom. The first kappa shape index (κ1) is 16.3. The molecule has 0 bridgehead atoms. The number of hydrogen-bond acceptors (Lipinski definition) is 3. The third kappa shape index (κ3) is 4.46. The zero-order valence-electron chi connectivity index (χ0n) is 12.3. The minimum atomic E-state index is -0.533. The fourth-order valence-electron chi connectivity index (χ4n) is 1.77. The highest BCUT2D eigenvalue weighted by molar-refractivity contribution is 8.00. The third-order valence-electron chi connectivity index (χ3n) is 2.92. The Kier molecular flexibility index (Phi) is 5.38. The molecule has 116 valence electrons. The van der Waals surface area contributed by atoms with Crippen molar-refractivity contribution in [3.63, 3.8) is 0 Å². The minimum absolute atomic E-state index is 0.00973. The van der Waals surface area contributed by atoms with Gasteiger partial charge in [0.05, 0.1) is 5.75 Å². The molecule has 2 aromatic carbocycles. The van der Waals surface area contributed by atoms with Gasteiger partial charge in [-0.1, -0.05) is 0 Å². The quantitative estimate of drug-likeness (QED) is 0.851. The largest absolute Gasteiger partial charge is 0.378 e. The fraction of sp³-hybridized carbons (Fsp3) is 0.188. The molecule has 3 nitrogen and oxygen atoms in total. The van der Waals surface area contributed by atoms with E-state index in [9.17, 15) is 13.6 Å². The molecular weight excluding hydrogens is 306 g/mol. The molecule has 2 rings (SSSR count). The molecule has 0 atom stereocenters. The lowest BCUT2D eigenvalue weighted by molar-refractivity contribution is -0.113.